The number of carbonyl (C=O) groups is 1. The third-order valence-electron chi connectivity index (χ3n) is 5.60. The van der Waals surface area contributed by atoms with Gasteiger partial charge in [0.15, 0.2) is 0 Å². The summed E-state index contributed by atoms with van der Waals surface area (Å²) in [6, 6.07) is 9.60. The zero-order chi connectivity index (χ0) is 19.3. The summed E-state index contributed by atoms with van der Waals surface area (Å²) in [6.45, 7) is 3.93. The molecule has 1 saturated carbocycles. The van der Waals surface area contributed by atoms with Crippen LogP contribution in [0.3, 0.4) is 0 Å². The Bertz CT molecular complexity index is 1060. The van der Waals surface area contributed by atoms with E-state index >= 15 is 0 Å². The summed E-state index contributed by atoms with van der Waals surface area (Å²) in [5, 5.41) is 8.84. The van der Waals surface area contributed by atoms with Crippen LogP contribution in [0.4, 0.5) is 0 Å². The van der Waals surface area contributed by atoms with Crippen molar-refractivity contribution in [1.82, 2.24) is 20.4 Å². The van der Waals surface area contributed by atoms with Crippen LogP contribution >= 0.6 is 24.0 Å². The lowest BCUT2D eigenvalue weighted by atomic mass is 10.0. The molecule has 2 fully saturated rings. The molecule has 0 bridgehead atoms. The van der Waals surface area contributed by atoms with Gasteiger partial charge in [-0.25, -0.2) is 4.98 Å². The Morgan fingerprint density at radius 3 is 2.90 bits per heavy atom. The molecule has 1 saturated heterocycles. The standard InChI is InChI=1S/C21H21ClN4O2.ClH/c1-12-19-16(10-17(13-5-6-13)24-20(19)28-25-12)21(27)26-8-7-23-11-18(26)14-3-2-4-15(22)9-14;/h2-4,9-10,13,18,23H,5-8,11H2,1H3;1H. The number of piperazine rings is 1. The van der Waals surface area contributed by atoms with Crippen LogP contribution in [0.5, 0.6) is 0 Å². The molecule has 1 unspecified atom stereocenters. The van der Waals surface area contributed by atoms with Gasteiger partial charge in [0.2, 0.25) is 0 Å². The molecule has 8 heteroatoms. The smallest absolute Gasteiger partial charge is 0.259 e. The van der Waals surface area contributed by atoms with E-state index in [9.17, 15) is 4.79 Å². The summed E-state index contributed by atoms with van der Waals surface area (Å²) in [7, 11) is 0. The number of nitrogens with one attached hydrogen (secondary N) is 1. The maximum absolute atomic E-state index is 13.7. The van der Waals surface area contributed by atoms with Crippen molar-refractivity contribution in [3.8, 4) is 0 Å². The van der Waals surface area contributed by atoms with Gasteiger partial charge in [-0.2, -0.15) is 0 Å². The number of hydrogen-bond acceptors (Lipinski definition) is 5. The zero-order valence-electron chi connectivity index (χ0n) is 16.0. The Labute approximate surface area is 180 Å². The molecule has 1 N–H and O–H groups in total. The molecule has 0 radical (unpaired) electrons. The molecular formula is C21H22Cl2N4O2. The van der Waals surface area contributed by atoms with Gasteiger partial charge in [0, 0.05) is 36.3 Å². The lowest BCUT2D eigenvalue weighted by molar-refractivity contribution is 0.0636. The van der Waals surface area contributed by atoms with Crippen LogP contribution in [0, 0.1) is 6.92 Å². The highest BCUT2D eigenvalue weighted by atomic mass is 35.5. The number of aryl methyl sites for hydroxylation is 1. The van der Waals surface area contributed by atoms with Crippen LogP contribution in [0.15, 0.2) is 34.9 Å². The second-order valence-corrected chi connectivity index (χ2v) is 8.03. The molecule has 152 valence electrons. The maximum Gasteiger partial charge on any atom is 0.259 e. The minimum absolute atomic E-state index is 0. The van der Waals surface area contributed by atoms with E-state index in [-0.39, 0.29) is 24.4 Å². The third-order valence-corrected chi connectivity index (χ3v) is 5.84. The van der Waals surface area contributed by atoms with Crippen molar-refractivity contribution in [2.24, 2.45) is 0 Å². The topological polar surface area (TPSA) is 71.3 Å². The van der Waals surface area contributed by atoms with Crippen LogP contribution in [-0.4, -0.2) is 40.6 Å². The van der Waals surface area contributed by atoms with Crippen molar-refractivity contribution < 1.29 is 9.32 Å². The number of halogens is 2. The lowest BCUT2D eigenvalue weighted by Crippen LogP contribution is -2.48. The summed E-state index contributed by atoms with van der Waals surface area (Å²) < 4.78 is 5.41. The average molecular weight is 433 g/mol. The van der Waals surface area contributed by atoms with Crippen LogP contribution in [-0.2, 0) is 0 Å². The van der Waals surface area contributed by atoms with Crippen molar-refractivity contribution in [2.75, 3.05) is 19.6 Å². The molecule has 5 rings (SSSR count). The summed E-state index contributed by atoms with van der Waals surface area (Å²) >= 11 is 6.20. The number of fused-ring (bicyclic) bond motifs is 1. The van der Waals surface area contributed by atoms with Crippen LogP contribution in [0.25, 0.3) is 11.1 Å². The number of pyridine rings is 1. The largest absolute Gasteiger partial charge is 0.336 e. The number of hydrogen-bond donors (Lipinski definition) is 1. The van der Waals surface area contributed by atoms with Gasteiger partial charge in [0.05, 0.1) is 22.7 Å². The summed E-state index contributed by atoms with van der Waals surface area (Å²) in [5.74, 6) is 0.417. The molecular weight excluding hydrogens is 411 g/mol. The zero-order valence-corrected chi connectivity index (χ0v) is 17.6. The fourth-order valence-electron chi connectivity index (χ4n) is 3.98. The first kappa shape index (κ1) is 20.1. The fraction of sp³-hybridized carbons (Fsp3) is 0.381. The SMILES string of the molecule is Cc1noc2nc(C3CC3)cc(C(=O)N3CCNCC3c3cccc(Cl)c3)c12.Cl. The second kappa shape index (κ2) is 7.94. The van der Waals surface area contributed by atoms with Crippen molar-refractivity contribution in [3.05, 3.63) is 57.9 Å². The van der Waals surface area contributed by atoms with Crippen molar-refractivity contribution in [2.45, 2.75) is 31.7 Å². The average Bonchev–Trinajstić information content (AvgIpc) is 3.50. The maximum atomic E-state index is 13.7. The second-order valence-electron chi connectivity index (χ2n) is 7.59. The monoisotopic (exact) mass is 432 g/mol. The minimum atomic E-state index is -0.0762. The van der Waals surface area contributed by atoms with Crippen molar-refractivity contribution in [3.63, 3.8) is 0 Å². The fourth-order valence-corrected chi connectivity index (χ4v) is 4.18. The summed E-state index contributed by atoms with van der Waals surface area (Å²) in [6.07, 6.45) is 2.22. The molecule has 6 nitrogen and oxygen atoms in total. The van der Waals surface area contributed by atoms with E-state index in [1.54, 1.807) is 0 Å². The first-order chi connectivity index (χ1) is 13.6. The van der Waals surface area contributed by atoms with E-state index in [0.29, 0.717) is 41.0 Å². The van der Waals surface area contributed by atoms with Crippen LogP contribution in [0.2, 0.25) is 5.02 Å². The van der Waals surface area contributed by atoms with E-state index in [2.05, 4.69) is 15.5 Å². The van der Waals surface area contributed by atoms with Gasteiger partial charge >= 0.3 is 0 Å². The number of rotatable bonds is 3. The Hall–Kier alpha value is -2.15. The molecule has 1 aromatic carbocycles. The van der Waals surface area contributed by atoms with Crippen molar-refractivity contribution >= 4 is 41.0 Å². The molecule has 2 aliphatic rings. The number of nitrogens with zero attached hydrogens (tertiary/aromatic N) is 3. The number of carbonyl (C=O) groups excluding carboxylic acids is 1. The third kappa shape index (κ3) is 3.72. The predicted molar refractivity (Wildman–Crippen MR) is 114 cm³/mol. The van der Waals surface area contributed by atoms with Gasteiger partial charge in [-0.1, -0.05) is 28.9 Å². The van der Waals surface area contributed by atoms with Crippen LogP contribution < -0.4 is 5.32 Å². The van der Waals surface area contributed by atoms with Gasteiger partial charge in [0.1, 0.15) is 0 Å². The van der Waals surface area contributed by atoms with Gasteiger partial charge in [-0.15, -0.1) is 12.4 Å². The molecule has 2 aromatic heterocycles. The van der Waals surface area contributed by atoms with E-state index < -0.39 is 0 Å². The highest BCUT2D eigenvalue weighted by Crippen LogP contribution is 2.41. The Morgan fingerprint density at radius 2 is 2.14 bits per heavy atom. The minimum Gasteiger partial charge on any atom is -0.336 e. The Kier molecular flexibility index (Phi) is 5.51. The summed E-state index contributed by atoms with van der Waals surface area (Å²) in [4.78, 5) is 20.2. The Balaban J connectivity index is 0.00000205. The molecule has 1 aliphatic carbocycles. The van der Waals surface area contributed by atoms with Gasteiger partial charge in [-0.05, 0) is 43.5 Å². The van der Waals surface area contributed by atoms with Gasteiger partial charge in [0.25, 0.3) is 11.6 Å². The van der Waals surface area contributed by atoms with E-state index in [4.69, 9.17) is 16.1 Å². The highest BCUT2D eigenvalue weighted by Gasteiger charge is 2.33. The number of amides is 1. The van der Waals surface area contributed by atoms with Crippen molar-refractivity contribution in [1.29, 1.82) is 0 Å². The normalized spacial score (nSPS) is 19.2. The molecule has 29 heavy (non-hydrogen) atoms. The molecule has 3 aromatic rings. The molecule has 1 aliphatic heterocycles. The molecule has 0 spiro atoms. The van der Waals surface area contributed by atoms with E-state index in [1.165, 1.54) is 0 Å². The van der Waals surface area contributed by atoms with Gasteiger partial charge in [-0.3, -0.25) is 4.79 Å². The first-order valence-electron chi connectivity index (χ1n) is 9.66. The number of aromatic nitrogens is 2. The van der Waals surface area contributed by atoms with E-state index in [1.807, 2.05) is 42.2 Å². The molecule has 3 heterocycles. The summed E-state index contributed by atoms with van der Waals surface area (Å²) in [5.41, 5.74) is 3.76. The van der Waals surface area contributed by atoms with Crippen LogP contribution in [0.1, 0.15) is 52.1 Å². The first-order valence-corrected chi connectivity index (χ1v) is 10.0. The molecule has 1 amide bonds. The van der Waals surface area contributed by atoms with Gasteiger partial charge < -0.3 is 14.7 Å². The highest BCUT2D eigenvalue weighted by molar-refractivity contribution is 6.30. The van der Waals surface area contributed by atoms with E-state index in [0.717, 1.165) is 36.0 Å². The quantitative estimate of drug-likeness (QED) is 0.668. The molecule has 1 atom stereocenters. The Morgan fingerprint density at radius 1 is 1.31 bits per heavy atom. The predicted octanol–water partition coefficient (Wildman–Crippen LogP) is 4.27. The number of benzene rings is 1. The lowest BCUT2D eigenvalue weighted by Gasteiger charge is -2.37.